The van der Waals surface area contributed by atoms with Crippen molar-refractivity contribution in [2.45, 2.75) is 36.3 Å². The van der Waals surface area contributed by atoms with Gasteiger partial charge in [-0.15, -0.1) is 0 Å². The van der Waals surface area contributed by atoms with Crippen LogP contribution in [0.4, 0.5) is 13.2 Å². The largest absolute Gasteiger partial charge is 0.522 e. The molecule has 2 aliphatic heterocycles. The summed E-state index contributed by atoms with van der Waals surface area (Å²) in [6.45, 7) is 3.30. The minimum atomic E-state index is -5.84. The van der Waals surface area contributed by atoms with Gasteiger partial charge in [-0.3, -0.25) is 18.9 Å². The molecule has 25 heavy (non-hydrogen) atoms. The molecule has 2 aliphatic rings. The van der Waals surface area contributed by atoms with Gasteiger partial charge in [-0.25, -0.2) is 0 Å². The lowest BCUT2D eigenvalue weighted by atomic mass is 10.0. The van der Waals surface area contributed by atoms with E-state index in [1.807, 2.05) is 4.90 Å². The van der Waals surface area contributed by atoms with Gasteiger partial charge in [0, 0.05) is 19.1 Å². The van der Waals surface area contributed by atoms with Gasteiger partial charge >= 0.3 is 15.6 Å². The highest BCUT2D eigenvalue weighted by molar-refractivity contribution is 7.86. The van der Waals surface area contributed by atoms with Crippen molar-refractivity contribution in [3.63, 3.8) is 0 Å². The monoisotopic (exact) mass is 413 g/mol. The molecule has 0 aromatic rings. The summed E-state index contributed by atoms with van der Waals surface area (Å²) in [6, 6.07) is 0.255. The average Bonchev–Trinajstić information content (AvgIpc) is 2.45. The molecular weight excluding hydrogens is 391 g/mol. The molecule has 3 N–H and O–H groups in total. The van der Waals surface area contributed by atoms with E-state index in [9.17, 15) is 26.1 Å². The van der Waals surface area contributed by atoms with E-state index in [1.165, 1.54) is 0 Å². The lowest BCUT2D eigenvalue weighted by Crippen LogP contribution is -2.60. The minimum absolute atomic E-state index is 0.255. The summed E-state index contributed by atoms with van der Waals surface area (Å²) in [5.74, 6) is 0. The molecule has 0 amide bonds. The Hall–Kier alpha value is -0.510. The van der Waals surface area contributed by atoms with Crippen LogP contribution in [0.3, 0.4) is 0 Å². The van der Waals surface area contributed by atoms with Crippen LogP contribution in [0.15, 0.2) is 0 Å². The molecule has 0 radical (unpaired) electrons. The Bertz CT molecular complexity index is 634. The molecule has 0 saturated carbocycles. The van der Waals surface area contributed by atoms with Gasteiger partial charge < -0.3 is 5.32 Å². The lowest BCUT2D eigenvalue weighted by molar-refractivity contribution is -0.0510. The van der Waals surface area contributed by atoms with Crippen molar-refractivity contribution in [3.8, 4) is 0 Å². The fourth-order valence-corrected chi connectivity index (χ4v) is 4.06. The van der Waals surface area contributed by atoms with Gasteiger partial charge in [0.15, 0.2) is 5.50 Å². The first-order valence-electron chi connectivity index (χ1n) is 7.42. The van der Waals surface area contributed by atoms with Crippen molar-refractivity contribution in [2.24, 2.45) is 0 Å². The van der Waals surface area contributed by atoms with Crippen molar-refractivity contribution in [1.82, 2.24) is 15.1 Å². The number of rotatable bonds is 2. The van der Waals surface area contributed by atoms with E-state index in [1.54, 1.807) is 11.9 Å². The predicted molar refractivity (Wildman–Crippen MR) is 82.8 cm³/mol. The lowest BCUT2D eigenvalue weighted by Gasteiger charge is -2.45. The van der Waals surface area contributed by atoms with E-state index in [-0.39, 0.29) is 6.04 Å². The van der Waals surface area contributed by atoms with E-state index >= 15 is 0 Å². The summed E-state index contributed by atoms with van der Waals surface area (Å²) in [7, 11) is -8.13. The van der Waals surface area contributed by atoms with Gasteiger partial charge in [-0.05, 0) is 39.4 Å². The standard InChI is InChI=1S/C10H21N3O3S.CHF3O3S/c1-12-7-2-8-13(10(12)17(14,15)16)9-3-5-11-6-4-9;2-1(3,4)8(5,6)7/h9-11H,2-8H2,1H3,(H,14,15,16);(H,5,6,7). The van der Waals surface area contributed by atoms with Gasteiger partial charge in [0.1, 0.15) is 0 Å². The highest BCUT2D eigenvalue weighted by Gasteiger charge is 2.44. The van der Waals surface area contributed by atoms with Crippen LogP contribution in [0.5, 0.6) is 0 Å². The Morgan fingerprint density at radius 1 is 1.04 bits per heavy atom. The molecule has 0 aliphatic carbocycles. The number of nitrogens with one attached hydrogen (secondary N) is 1. The topological polar surface area (TPSA) is 127 Å². The first-order chi connectivity index (χ1) is 11.2. The third kappa shape index (κ3) is 6.62. The summed E-state index contributed by atoms with van der Waals surface area (Å²) in [5.41, 5.74) is -6.40. The minimum Gasteiger partial charge on any atom is -0.317 e. The molecule has 2 saturated heterocycles. The third-order valence-electron chi connectivity index (χ3n) is 3.92. The Kier molecular flexibility index (Phi) is 7.62. The van der Waals surface area contributed by atoms with E-state index < -0.39 is 31.2 Å². The van der Waals surface area contributed by atoms with Crippen LogP contribution < -0.4 is 5.32 Å². The normalized spacial score (nSPS) is 25.3. The zero-order valence-corrected chi connectivity index (χ0v) is 15.1. The molecule has 14 heteroatoms. The first kappa shape index (κ1) is 22.5. The maximum Gasteiger partial charge on any atom is 0.522 e. The number of nitrogens with zero attached hydrogens (tertiary/aromatic N) is 2. The van der Waals surface area contributed by atoms with Crippen LogP contribution in [0.1, 0.15) is 19.3 Å². The van der Waals surface area contributed by atoms with E-state index in [2.05, 4.69) is 5.32 Å². The van der Waals surface area contributed by atoms with Crippen LogP contribution >= 0.6 is 0 Å². The fraction of sp³-hybridized carbons (Fsp3) is 1.00. The van der Waals surface area contributed by atoms with Crippen LogP contribution in [0.2, 0.25) is 0 Å². The highest BCUT2D eigenvalue weighted by Crippen LogP contribution is 2.24. The summed E-state index contributed by atoms with van der Waals surface area (Å²) in [4.78, 5) is 3.67. The first-order valence-corrected chi connectivity index (χ1v) is 10.4. The van der Waals surface area contributed by atoms with Crippen molar-refractivity contribution in [1.29, 1.82) is 0 Å². The SMILES string of the molecule is CN1CCCN(C2CCNCC2)C1S(=O)(=O)O.O=S(=O)(O)C(F)(F)F. The van der Waals surface area contributed by atoms with E-state index in [4.69, 9.17) is 13.0 Å². The quantitative estimate of drug-likeness (QED) is 0.421. The molecular formula is C11H22F3N3O6S2. The van der Waals surface area contributed by atoms with Crippen molar-refractivity contribution in [3.05, 3.63) is 0 Å². The molecule has 0 aromatic heterocycles. The fourth-order valence-electron chi connectivity index (χ4n) is 2.88. The van der Waals surface area contributed by atoms with Gasteiger partial charge in [-0.1, -0.05) is 0 Å². The molecule has 0 bridgehead atoms. The van der Waals surface area contributed by atoms with Crippen molar-refractivity contribution >= 4 is 20.2 Å². The highest BCUT2D eigenvalue weighted by atomic mass is 32.2. The molecule has 0 aromatic carbocycles. The van der Waals surface area contributed by atoms with E-state index in [0.29, 0.717) is 6.54 Å². The van der Waals surface area contributed by atoms with Gasteiger partial charge in [-0.2, -0.15) is 30.0 Å². The molecule has 9 nitrogen and oxygen atoms in total. The second kappa shape index (κ2) is 8.45. The smallest absolute Gasteiger partial charge is 0.317 e. The van der Waals surface area contributed by atoms with Gasteiger partial charge in [0.05, 0.1) is 0 Å². The molecule has 150 valence electrons. The van der Waals surface area contributed by atoms with Crippen molar-refractivity contribution < 1.29 is 39.1 Å². The van der Waals surface area contributed by atoms with Gasteiger partial charge in [0.2, 0.25) is 0 Å². The van der Waals surface area contributed by atoms with Crippen LogP contribution in [-0.4, -0.2) is 86.0 Å². The second-order valence-electron chi connectivity index (χ2n) is 5.82. The number of piperidine rings is 1. The number of alkyl halides is 3. The maximum atomic E-state index is 11.5. The van der Waals surface area contributed by atoms with Crippen LogP contribution in [0.25, 0.3) is 0 Å². The molecule has 1 atom stereocenters. The van der Waals surface area contributed by atoms with Crippen LogP contribution in [-0.2, 0) is 20.2 Å². The van der Waals surface area contributed by atoms with E-state index in [0.717, 1.165) is 38.9 Å². The third-order valence-corrected chi connectivity index (χ3v) is 5.67. The average molecular weight is 413 g/mol. The number of hydrogen-bond donors (Lipinski definition) is 3. The summed E-state index contributed by atoms with van der Waals surface area (Å²) in [6.07, 6.45) is 2.84. The zero-order valence-electron chi connectivity index (χ0n) is 13.5. The Balaban J connectivity index is 0.000000333. The predicted octanol–water partition coefficient (Wildman–Crippen LogP) is -0.0587. The van der Waals surface area contributed by atoms with Gasteiger partial charge in [0.25, 0.3) is 10.1 Å². The van der Waals surface area contributed by atoms with Crippen molar-refractivity contribution in [2.75, 3.05) is 33.2 Å². The summed E-state index contributed by atoms with van der Waals surface area (Å²) < 4.78 is 89.9. The number of hydrogen-bond acceptors (Lipinski definition) is 7. The molecule has 2 heterocycles. The van der Waals surface area contributed by atoms with Crippen LogP contribution in [0, 0.1) is 0 Å². The maximum absolute atomic E-state index is 11.5. The molecule has 2 fully saturated rings. The number of halogens is 3. The summed E-state index contributed by atoms with van der Waals surface area (Å²) >= 11 is 0. The second-order valence-corrected chi connectivity index (χ2v) is 8.68. The Labute approximate surface area is 144 Å². The molecule has 0 spiro atoms. The Morgan fingerprint density at radius 3 is 1.92 bits per heavy atom. The summed E-state index contributed by atoms with van der Waals surface area (Å²) in [5, 5.41) is 3.27. The zero-order chi connectivity index (χ0) is 19.5. The molecule has 1 unspecified atom stereocenters. The Morgan fingerprint density at radius 2 is 1.52 bits per heavy atom. The molecule has 2 rings (SSSR count).